The van der Waals surface area contributed by atoms with Gasteiger partial charge in [0.2, 0.25) is 0 Å². The highest BCUT2D eigenvalue weighted by Crippen LogP contribution is 2.23. The number of benzene rings is 1. The molecule has 0 saturated heterocycles. The Labute approximate surface area is 118 Å². The van der Waals surface area contributed by atoms with E-state index in [1.807, 2.05) is 19.9 Å². The second-order valence-electron chi connectivity index (χ2n) is 4.60. The Morgan fingerprint density at radius 2 is 2.05 bits per heavy atom. The van der Waals surface area contributed by atoms with Gasteiger partial charge < -0.3 is 9.84 Å². The van der Waals surface area contributed by atoms with Crippen molar-refractivity contribution in [3.05, 3.63) is 41.8 Å². The lowest BCUT2D eigenvalue weighted by atomic mass is 10.3. The number of nitrogens with zero attached hydrogens (tertiary/aromatic N) is 1. The predicted octanol–water partition coefficient (Wildman–Crippen LogP) is 2.78. The molecule has 0 unspecified atom stereocenters. The van der Waals surface area contributed by atoms with Crippen LogP contribution in [0.5, 0.6) is 0 Å². The summed E-state index contributed by atoms with van der Waals surface area (Å²) in [5, 5.41) is 6.98. The molecule has 0 aliphatic carbocycles. The van der Waals surface area contributed by atoms with Gasteiger partial charge in [0.25, 0.3) is 0 Å². The molecule has 1 N–H and O–H groups in total. The standard InChI is InChI=1S/C14H18N2O3S/c1-3-8-20(17,18)14-7-5-4-6-13(14)15-10-12-9-11(2)19-16-12/h4-7,9,15H,3,8,10H2,1-2H3. The highest BCUT2D eigenvalue weighted by molar-refractivity contribution is 7.91. The molecule has 0 fully saturated rings. The molecule has 0 bridgehead atoms. The third kappa shape index (κ3) is 3.39. The van der Waals surface area contributed by atoms with E-state index in [1.54, 1.807) is 24.3 Å². The minimum atomic E-state index is -3.25. The fraction of sp³-hybridized carbons (Fsp3) is 0.357. The molecule has 1 aromatic carbocycles. The third-order valence-corrected chi connectivity index (χ3v) is 4.80. The fourth-order valence-electron chi connectivity index (χ4n) is 1.95. The number of anilines is 1. The molecule has 5 nitrogen and oxygen atoms in total. The van der Waals surface area contributed by atoms with Crippen molar-refractivity contribution in [3.63, 3.8) is 0 Å². The van der Waals surface area contributed by atoms with Gasteiger partial charge in [0.05, 0.1) is 22.9 Å². The average molecular weight is 294 g/mol. The Morgan fingerprint density at radius 3 is 2.70 bits per heavy atom. The Hall–Kier alpha value is -1.82. The molecular weight excluding hydrogens is 276 g/mol. The average Bonchev–Trinajstić information content (AvgIpc) is 2.82. The van der Waals surface area contributed by atoms with Crippen molar-refractivity contribution in [1.29, 1.82) is 0 Å². The van der Waals surface area contributed by atoms with Crippen molar-refractivity contribution in [3.8, 4) is 0 Å². The summed E-state index contributed by atoms with van der Waals surface area (Å²) in [6, 6.07) is 8.74. The number of sulfone groups is 1. The molecule has 0 atom stereocenters. The van der Waals surface area contributed by atoms with Crippen LogP contribution >= 0.6 is 0 Å². The molecule has 2 rings (SSSR count). The number of hydrogen-bond acceptors (Lipinski definition) is 5. The highest BCUT2D eigenvalue weighted by atomic mass is 32.2. The SMILES string of the molecule is CCCS(=O)(=O)c1ccccc1NCc1cc(C)on1. The molecule has 20 heavy (non-hydrogen) atoms. The van der Waals surface area contributed by atoms with Gasteiger partial charge in [-0.05, 0) is 25.5 Å². The van der Waals surface area contributed by atoms with Crippen LogP contribution in [0.2, 0.25) is 0 Å². The molecule has 0 aliphatic heterocycles. The molecule has 1 aromatic heterocycles. The summed E-state index contributed by atoms with van der Waals surface area (Å²) in [7, 11) is -3.25. The van der Waals surface area contributed by atoms with Gasteiger partial charge in [-0.25, -0.2) is 8.42 Å². The lowest BCUT2D eigenvalue weighted by Gasteiger charge is -2.11. The van der Waals surface area contributed by atoms with Crippen molar-refractivity contribution >= 4 is 15.5 Å². The summed E-state index contributed by atoms with van der Waals surface area (Å²) in [4.78, 5) is 0.335. The van der Waals surface area contributed by atoms with Crippen LogP contribution in [0, 0.1) is 6.92 Å². The largest absolute Gasteiger partial charge is 0.378 e. The molecule has 0 spiro atoms. The maximum Gasteiger partial charge on any atom is 0.180 e. The predicted molar refractivity (Wildman–Crippen MR) is 77.4 cm³/mol. The van der Waals surface area contributed by atoms with Crippen molar-refractivity contribution in [1.82, 2.24) is 5.16 Å². The van der Waals surface area contributed by atoms with Crippen molar-refractivity contribution < 1.29 is 12.9 Å². The number of nitrogens with one attached hydrogen (secondary N) is 1. The summed E-state index contributed by atoms with van der Waals surface area (Å²) in [6.45, 7) is 4.10. The van der Waals surface area contributed by atoms with Crippen LogP contribution in [0.25, 0.3) is 0 Å². The van der Waals surface area contributed by atoms with Crippen LogP contribution in [0.4, 0.5) is 5.69 Å². The van der Waals surface area contributed by atoms with Gasteiger partial charge in [0.15, 0.2) is 9.84 Å². The Kier molecular flexibility index (Phi) is 4.44. The zero-order valence-corrected chi connectivity index (χ0v) is 12.4. The van der Waals surface area contributed by atoms with Crippen LogP contribution < -0.4 is 5.32 Å². The maximum absolute atomic E-state index is 12.2. The zero-order valence-electron chi connectivity index (χ0n) is 11.6. The van der Waals surface area contributed by atoms with E-state index < -0.39 is 9.84 Å². The van der Waals surface area contributed by atoms with E-state index in [0.29, 0.717) is 23.5 Å². The van der Waals surface area contributed by atoms with E-state index in [-0.39, 0.29) is 5.75 Å². The molecule has 108 valence electrons. The van der Waals surface area contributed by atoms with Gasteiger partial charge in [0, 0.05) is 6.07 Å². The van der Waals surface area contributed by atoms with Crippen LogP contribution in [-0.4, -0.2) is 19.3 Å². The molecule has 6 heteroatoms. The van der Waals surface area contributed by atoms with Crippen LogP contribution in [0.3, 0.4) is 0 Å². The molecule has 1 heterocycles. The molecule has 2 aromatic rings. The maximum atomic E-state index is 12.2. The summed E-state index contributed by atoms with van der Waals surface area (Å²) in [5.41, 5.74) is 1.34. The van der Waals surface area contributed by atoms with Gasteiger partial charge in [-0.15, -0.1) is 0 Å². The van der Waals surface area contributed by atoms with E-state index in [9.17, 15) is 8.42 Å². The van der Waals surface area contributed by atoms with Gasteiger partial charge in [-0.1, -0.05) is 24.2 Å². The summed E-state index contributed by atoms with van der Waals surface area (Å²) in [5.74, 6) is 0.878. The number of hydrogen-bond donors (Lipinski definition) is 1. The molecule has 0 amide bonds. The molecule has 0 radical (unpaired) electrons. The normalized spacial score (nSPS) is 11.5. The van der Waals surface area contributed by atoms with Crippen LogP contribution in [-0.2, 0) is 16.4 Å². The van der Waals surface area contributed by atoms with Crippen molar-refractivity contribution in [2.75, 3.05) is 11.1 Å². The van der Waals surface area contributed by atoms with E-state index in [1.165, 1.54) is 0 Å². The topological polar surface area (TPSA) is 72.2 Å². The number of rotatable bonds is 6. The van der Waals surface area contributed by atoms with Crippen LogP contribution in [0.15, 0.2) is 39.8 Å². The van der Waals surface area contributed by atoms with Gasteiger partial charge >= 0.3 is 0 Å². The Bertz CT molecular complexity index is 677. The quantitative estimate of drug-likeness (QED) is 0.887. The number of aryl methyl sites for hydroxylation is 1. The van der Waals surface area contributed by atoms with Crippen molar-refractivity contribution in [2.24, 2.45) is 0 Å². The lowest BCUT2D eigenvalue weighted by molar-refractivity contribution is 0.391. The zero-order chi connectivity index (χ0) is 14.6. The van der Waals surface area contributed by atoms with Gasteiger partial charge in [-0.2, -0.15) is 0 Å². The fourth-order valence-corrected chi connectivity index (χ4v) is 3.47. The first-order chi connectivity index (χ1) is 9.53. The minimum Gasteiger partial charge on any atom is -0.378 e. The first-order valence-corrected chi connectivity index (χ1v) is 8.16. The van der Waals surface area contributed by atoms with E-state index in [4.69, 9.17) is 4.52 Å². The van der Waals surface area contributed by atoms with E-state index in [2.05, 4.69) is 10.5 Å². The van der Waals surface area contributed by atoms with Gasteiger partial charge in [-0.3, -0.25) is 0 Å². The first-order valence-electron chi connectivity index (χ1n) is 6.51. The number of aromatic nitrogens is 1. The third-order valence-electron chi connectivity index (χ3n) is 2.83. The number of para-hydroxylation sites is 1. The summed E-state index contributed by atoms with van der Waals surface area (Å²) >= 11 is 0. The molecule has 0 aliphatic rings. The van der Waals surface area contributed by atoms with Gasteiger partial charge in [0.1, 0.15) is 11.5 Å². The van der Waals surface area contributed by atoms with E-state index in [0.717, 1.165) is 11.5 Å². The van der Waals surface area contributed by atoms with Crippen molar-refractivity contribution in [2.45, 2.75) is 31.7 Å². The lowest BCUT2D eigenvalue weighted by Crippen LogP contribution is -2.10. The smallest absolute Gasteiger partial charge is 0.180 e. The highest BCUT2D eigenvalue weighted by Gasteiger charge is 2.17. The Balaban J connectivity index is 2.20. The molecule has 0 saturated carbocycles. The summed E-state index contributed by atoms with van der Waals surface area (Å²) in [6.07, 6.45) is 0.596. The van der Waals surface area contributed by atoms with E-state index >= 15 is 0 Å². The first kappa shape index (κ1) is 14.6. The monoisotopic (exact) mass is 294 g/mol. The second-order valence-corrected chi connectivity index (χ2v) is 6.68. The Morgan fingerprint density at radius 1 is 1.30 bits per heavy atom. The minimum absolute atomic E-state index is 0.148. The second kappa shape index (κ2) is 6.09. The van der Waals surface area contributed by atoms with Crippen LogP contribution in [0.1, 0.15) is 24.8 Å². The summed E-state index contributed by atoms with van der Waals surface area (Å²) < 4.78 is 29.4. The molecular formula is C14H18N2O3S.